The first-order valence-electron chi connectivity index (χ1n) is 9.63. The summed E-state index contributed by atoms with van der Waals surface area (Å²) in [7, 11) is 0. The van der Waals surface area contributed by atoms with Gasteiger partial charge in [-0.2, -0.15) is 5.10 Å². The van der Waals surface area contributed by atoms with Crippen molar-refractivity contribution in [2.75, 3.05) is 25.0 Å². The monoisotopic (exact) mass is 366 g/mol. The number of para-hydroxylation sites is 2. The smallest absolute Gasteiger partial charge is 0.238 e. The standard InChI is InChI=1S/C20H26N6O/c1-3-26-12-18(14(2)24-26)21-19(27)13-25-10-6-7-15(11-25)20-22-16-8-4-5-9-17(16)23-20/h4-5,8-9,12,15H,3,6-7,10-11,13H2,1-2H3,(H,21,27)(H,22,23)/t15-/m1/s1. The van der Waals surface area contributed by atoms with Gasteiger partial charge in [-0.3, -0.25) is 14.4 Å². The van der Waals surface area contributed by atoms with Crippen LogP contribution in [-0.2, 0) is 11.3 Å². The fraction of sp³-hybridized carbons (Fsp3) is 0.450. The van der Waals surface area contributed by atoms with Crippen molar-refractivity contribution in [3.05, 3.63) is 42.0 Å². The number of nitrogens with one attached hydrogen (secondary N) is 2. The number of aromatic amines is 1. The predicted octanol–water partition coefficient (Wildman–Crippen LogP) is 2.91. The number of hydrogen-bond donors (Lipinski definition) is 2. The summed E-state index contributed by atoms with van der Waals surface area (Å²) in [4.78, 5) is 22.9. The second kappa shape index (κ2) is 7.52. The van der Waals surface area contributed by atoms with Crippen molar-refractivity contribution in [1.29, 1.82) is 0 Å². The third-order valence-corrected chi connectivity index (χ3v) is 5.21. The summed E-state index contributed by atoms with van der Waals surface area (Å²) in [5.74, 6) is 1.38. The summed E-state index contributed by atoms with van der Waals surface area (Å²) < 4.78 is 1.84. The van der Waals surface area contributed by atoms with Gasteiger partial charge in [0.05, 0.1) is 29.0 Å². The van der Waals surface area contributed by atoms with E-state index in [0.717, 1.165) is 60.7 Å². The maximum atomic E-state index is 12.5. The lowest BCUT2D eigenvalue weighted by Crippen LogP contribution is -2.40. The number of H-pyrrole nitrogens is 1. The highest BCUT2D eigenvalue weighted by Crippen LogP contribution is 2.26. The zero-order chi connectivity index (χ0) is 18.8. The summed E-state index contributed by atoms with van der Waals surface area (Å²) in [6.07, 6.45) is 4.06. The van der Waals surface area contributed by atoms with Crippen molar-refractivity contribution in [3.63, 3.8) is 0 Å². The Bertz CT molecular complexity index is 910. The number of imidazole rings is 1. The maximum absolute atomic E-state index is 12.5. The molecule has 2 aromatic heterocycles. The second-order valence-corrected chi connectivity index (χ2v) is 7.25. The molecule has 7 nitrogen and oxygen atoms in total. The number of fused-ring (bicyclic) bond motifs is 1. The second-order valence-electron chi connectivity index (χ2n) is 7.25. The number of hydrogen-bond acceptors (Lipinski definition) is 4. The fourth-order valence-electron chi connectivity index (χ4n) is 3.78. The summed E-state index contributed by atoms with van der Waals surface area (Å²) >= 11 is 0. The molecule has 27 heavy (non-hydrogen) atoms. The predicted molar refractivity (Wildman–Crippen MR) is 106 cm³/mol. The lowest BCUT2D eigenvalue weighted by molar-refractivity contribution is -0.117. The Labute approximate surface area is 158 Å². The van der Waals surface area contributed by atoms with Crippen LogP contribution in [0.5, 0.6) is 0 Å². The van der Waals surface area contributed by atoms with Crippen molar-refractivity contribution >= 4 is 22.6 Å². The van der Waals surface area contributed by atoms with Crippen LogP contribution in [0.4, 0.5) is 5.69 Å². The van der Waals surface area contributed by atoms with E-state index in [0.29, 0.717) is 12.5 Å². The van der Waals surface area contributed by atoms with Gasteiger partial charge in [0.1, 0.15) is 5.82 Å². The van der Waals surface area contributed by atoms with E-state index in [2.05, 4.69) is 26.4 Å². The van der Waals surface area contributed by atoms with Crippen molar-refractivity contribution < 1.29 is 4.79 Å². The minimum Gasteiger partial charge on any atom is -0.342 e. The van der Waals surface area contributed by atoms with Gasteiger partial charge >= 0.3 is 0 Å². The lowest BCUT2D eigenvalue weighted by atomic mass is 9.97. The number of amides is 1. The van der Waals surface area contributed by atoms with Crippen LogP contribution in [0.25, 0.3) is 11.0 Å². The average molecular weight is 366 g/mol. The first-order chi connectivity index (χ1) is 13.1. The quantitative estimate of drug-likeness (QED) is 0.728. The third-order valence-electron chi connectivity index (χ3n) is 5.21. The van der Waals surface area contributed by atoms with Gasteiger partial charge < -0.3 is 10.3 Å². The number of aromatic nitrogens is 4. The highest BCUT2D eigenvalue weighted by atomic mass is 16.2. The molecule has 1 fully saturated rings. The van der Waals surface area contributed by atoms with Gasteiger partial charge in [0.15, 0.2) is 0 Å². The Morgan fingerprint density at radius 3 is 3.00 bits per heavy atom. The normalized spacial score (nSPS) is 18.1. The van der Waals surface area contributed by atoms with E-state index < -0.39 is 0 Å². The van der Waals surface area contributed by atoms with E-state index in [-0.39, 0.29) is 5.91 Å². The Balaban J connectivity index is 1.39. The Morgan fingerprint density at radius 2 is 2.22 bits per heavy atom. The summed E-state index contributed by atoms with van der Waals surface area (Å²) in [5, 5.41) is 7.38. The van der Waals surface area contributed by atoms with Gasteiger partial charge in [0.25, 0.3) is 0 Å². The van der Waals surface area contributed by atoms with Crippen LogP contribution in [0.2, 0.25) is 0 Å². The van der Waals surface area contributed by atoms with Crippen molar-refractivity contribution in [1.82, 2.24) is 24.6 Å². The molecule has 0 unspecified atom stereocenters. The first kappa shape index (κ1) is 17.7. The minimum absolute atomic E-state index is 0.0130. The number of anilines is 1. The molecule has 1 atom stereocenters. The molecule has 3 aromatic rings. The SMILES string of the molecule is CCn1cc(NC(=O)CN2CCC[C@@H](c3nc4ccccc4[nH]3)C2)c(C)n1. The number of likely N-dealkylation sites (tertiary alicyclic amines) is 1. The third kappa shape index (κ3) is 3.88. The Hall–Kier alpha value is -2.67. The van der Waals surface area contributed by atoms with Crippen LogP contribution in [0.15, 0.2) is 30.5 Å². The minimum atomic E-state index is 0.0130. The molecule has 4 rings (SSSR count). The molecule has 1 aliphatic rings. The number of rotatable bonds is 5. The van der Waals surface area contributed by atoms with Crippen molar-refractivity contribution in [3.8, 4) is 0 Å². The molecule has 0 aliphatic carbocycles. The average Bonchev–Trinajstić information content (AvgIpc) is 3.25. The van der Waals surface area contributed by atoms with Crippen molar-refractivity contribution in [2.24, 2.45) is 0 Å². The van der Waals surface area contributed by atoms with E-state index in [1.807, 2.05) is 42.9 Å². The van der Waals surface area contributed by atoms with Crippen LogP contribution < -0.4 is 5.32 Å². The molecular formula is C20H26N6O. The van der Waals surface area contributed by atoms with Crippen molar-refractivity contribution in [2.45, 2.75) is 39.2 Å². The Morgan fingerprint density at radius 1 is 1.37 bits per heavy atom. The van der Waals surface area contributed by atoms with Gasteiger partial charge in [-0.25, -0.2) is 4.98 Å². The van der Waals surface area contributed by atoms with Gasteiger partial charge in [-0.15, -0.1) is 0 Å². The van der Waals surface area contributed by atoms with Gasteiger partial charge in [-0.05, 0) is 45.4 Å². The summed E-state index contributed by atoms with van der Waals surface area (Å²) in [6, 6.07) is 8.11. The van der Waals surface area contributed by atoms with Crippen LogP contribution in [-0.4, -0.2) is 50.2 Å². The highest BCUT2D eigenvalue weighted by Gasteiger charge is 2.25. The van der Waals surface area contributed by atoms with Crippen LogP contribution >= 0.6 is 0 Å². The van der Waals surface area contributed by atoms with Gasteiger partial charge in [0.2, 0.25) is 5.91 Å². The zero-order valence-corrected chi connectivity index (χ0v) is 15.9. The summed E-state index contributed by atoms with van der Waals surface area (Å²) in [6.45, 7) is 6.93. The molecule has 0 saturated carbocycles. The number of carbonyl (C=O) groups excluding carboxylic acids is 1. The van der Waals surface area contributed by atoms with Gasteiger partial charge in [-0.1, -0.05) is 12.1 Å². The molecule has 142 valence electrons. The highest BCUT2D eigenvalue weighted by molar-refractivity contribution is 5.92. The first-order valence-corrected chi connectivity index (χ1v) is 9.63. The lowest BCUT2D eigenvalue weighted by Gasteiger charge is -2.31. The molecule has 0 bridgehead atoms. The Kier molecular flexibility index (Phi) is 4.94. The largest absolute Gasteiger partial charge is 0.342 e. The molecular weight excluding hydrogens is 340 g/mol. The van der Waals surface area contributed by atoms with E-state index in [1.54, 1.807) is 0 Å². The van der Waals surface area contributed by atoms with Crippen LogP contribution in [0, 0.1) is 6.92 Å². The number of benzene rings is 1. The van der Waals surface area contributed by atoms with Crippen LogP contribution in [0.1, 0.15) is 37.2 Å². The van der Waals surface area contributed by atoms with E-state index >= 15 is 0 Å². The molecule has 1 saturated heterocycles. The molecule has 1 aromatic carbocycles. The zero-order valence-electron chi connectivity index (χ0n) is 15.9. The fourth-order valence-corrected chi connectivity index (χ4v) is 3.78. The molecule has 0 radical (unpaired) electrons. The maximum Gasteiger partial charge on any atom is 0.238 e. The van der Waals surface area contributed by atoms with Crippen LogP contribution in [0.3, 0.4) is 0 Å². The number of piperidine rings is 1. The number of carbonyl (C=O) groups is 1. The topological polar surface area (TPSA) is 78.8 Å². The molecule has 0 spiro atoms. The van der Waals surface area contributed by atoms with E-state index in [4.69, 9.17) is 4.98 Å². The van der Waals surface area contributed by atoms with E-state index in [1.165, 1.54) is 0 Å². The van der Waals surface area contributed by atoms with E-state index in [9.17, 15) is 4.79 Å². The molecule has 1 aliphatic heterocycles. The molecule has 1 amide bonds. The summed E-state index contributed by atoms with van der Waals surface area (Å²) in [5.41, 5.74) is 3.73. The molecule has 7 heteroatoms. The molecule has 3 heterocycles. The molecule has 2 N–H and O–H groups in total. The number of aryl methyl sites for hydroxylation is 2. The van der Waals surface area contributed by atoms with Gasteiger partial charge in [0, 0.05) is 25.2 Å². The number of nitrogens with zero attached hydrogens (tertiary/aromatic N) is 4.